The molecule has 0 saturated carbocycles. The third-order valence-electron chi connectivity index (χ3n) is 2.54. The van der Waals surface area contributed by atoms with Crippen molar-refractivity contribution in [1.29, 1.82) is 0 Å². The summed E-state index contributed by atoms with van der Waals surface area (Å²) in [6.45, 7) is 0.0915. The van der Waals surface area contributed by atoms with Crippen molar-refractivity contribution in [3.8, 4) is 11.4 Å². The molecule has 0 amide bonds. The van der Waals surface area contributed by atoms with Gasteiger partial charge in [0.25, 0.3) is 0 Å². The number of hydrogen-bond acceptors (Lipinski definition) is 4. The molecule has 1 aromatic heterocycles. The second-order valence-electron chi connectivity index (χ2n) is 4.22. The van der Waals surface area contributed by atoms with Crippen molar-refractivity contribution in [2.24, 2.45) is 0 Å². The van der Waals surface area contributed by atoms with Gasteiger partial charge < -0.3 is 5.73 Å². The van der Waals surface area contributed by atoms with Gasteiger partial charge in [0.1, 0.15) is 0 Å². The van der Waals surface area contributed by atoms with E-state index in [0.29, 0.717) is 17.1 Å². The van der Waals surface area contributed by atoms with E-state index in [-0.39, 0.29) is 13.0 Å². The van der Waals surface area contributed by atoms with Gasteiger partial charge in [0.15, 0.2) is 5.82 Å². The van der Waals surface area contributed by atoms with E-state index in [9.17, 15) is 13.2 Å². The van der Waals surface area contributed by atoms with Crippen LogP contribution in [-0.4, -0.2) is 26.4 Å². The molecule has 20 heavy (non-hydrogen) atoms. The van der Waals surface area contributed by atoms with E-state index in [0.717, 1.165) is 4.47 Å². The lowest BCUT2D eigenvalue weighted by Gasteiger charge is -2.08. The van der Waals surface area contributed by atoms with Gasteiger partial charge in [-0.1, -0.05) is 15.9 Å². The summed E-state index contributed by atoms with van der Waals surface area (Å²) in [4.78, 5) is 0. The number of nitrogens with two attached hydrogens (primary N) is 1. The Balaban J connectivity index is 2.16. The maximum absolute atomic E-state index is 12.1. The number of nitrogens with zero attached hydrogens (tertiary/aromatic N) is 4. The monoisotopic (exact) mass is 349 g/mol. The average Bonchev–Trinajstić information content (AvgIpc) is 2.74. The Morgan fingerprint density at radius 1 is 1.25 bits per heavy atom. The second kappa shape index (κ2) is 5.78. The van der Waals surface area contributed by atoms with Crippen molar-refractivity contribution in [1.82, 2.24) is 20.2 Å². The molecule has 0 aliphatic heterocycles. The number of hydrogen-bond donors (Lipinski definition) is 1. The molecule has 2 N–H and O–H groups in total. The largest absolute Gasteiger partial charge is 0.399 e. The fraction of sp³-hybridized carbons (Fsp3) is 0.364. The molecule has 1 aromatic carbocycles. The minimum absolute atomic E-state index is 0.0783. The second-order valence-corrected chi connectivity index (χ2v) is 5.13. The molecule has 5 nitrogen and oxygen atoms in total. The van der Waals surface area contributed by atoms with Gasteiger partial charge in [0.2, 0.25) is 0 Å². The summed E-state index contributed by atoms with van der Waals surface area (Å²) in [5, 5.41) is 11.0. The summed E-state index contributed by atoms with van der Waals surface area (Å²) in [6.07, 6.45) is -5.12. The zero-order valence-corrected chi connectivity index (χ0v) is 11.8. The van der Waals surface area contributed by atoms with Crippen LogP contribution < -0.4 is 5.73 Å². The van der Waals surface area contributed by atoms with Crippen LogP contribution in [0, 0.1) is 0 Å². The third-order valence-corrected chi connectivity index (χ3v) is 3.00. The van der Waals surface area contributed by atoms with E-state index in [2.05, 4.69) is 31.5 Å². The molecular formula is C11H11BrF3N5. The first-order valence-electron chi connectivity index (χ1n) is 5.74. The third kappa shape index (κ3) is 3.92. The Labute approximate surface area is 121 Å². The van der Waals surface area contributed by atoms with Crippen molar-refractivity contribution in [2.45, 2.75) is 25.6 Å². The van der Waals surface area contributed by atoms with Gasteiger partial charge in [-0.3, -0.25) is 0 Å². The van der Waals surface area contributed by atoms with Gasteiger partial charge in [0, 0.05) is 28.7 Å². The van der Waals surface area contributed by atoms with E-state index in [1.54, 1.807) is 18.2 Å². The minimum Gasteiger partial charge on any atom is -0.399 e. The van der Waals surface area contributed by atoms with Crippen LogP contribution in [0.25, 0.3) is 11.4 Å². The summed E-state index contributed by atoms with van der Waals surface area (Å²) in [7, 11) is 0. The Bertz CT molecular complexity index is 576. The van der Waals surface area contributed by atoms with E-state index < -0.39 is 12.6 Å². The summed E-state index contributed by atoms with van der Waals surface area (Å²) in [5.41, 5.74) is 6.88. The van der Waals surface area contributed by atoms with Crippen molar-refractivity contribution in [2.75, 3.05) is 5.73 Å². The lowest BCUT2D eigenvalue weighted by atomic mass is 10.2. The quantitative estimate of drug-likeness (QED) is 0.861. The van der Waals surface area contributed by atoms with Crippen LogP contribution >= 0.6 is 15.9 Å². The molecule has 0 unspecified atom stereocenters. The first kappa shape index (κ1) is 14.8. The van der Waals surface area contributed by atoms with Gasteiger partial charge in [-0.15, -0.1) is 5.10 Å². The highest BCUT2D eigenvalue weighted by molar-refractivity contribution is 9.10. The SMILES string of the molecule is Nc1cc(Br)cc(-c2nnnn2CCCC(F)(F)F)c1. The van der Waals surface area contributed by atoms with Crippen LogP contribution in [-0.2, 0) is 6.54 Å². The molecule has 0 atom stereocenters. The molecule has 2 aromatic rings. The highest BCUT2D eigenvalue weighted by Crippen LogP contribution is 2.25. The number of tetrazole rings is 1. The molecule has 0 radical (unpaired) electrons. The Morgan fingerprint density at radius 3 is 2.65 bits per heavy atom. The van der Waals surface area contributed by atoms with Crippen molar-refractivity contribution >= 4 is 21.6 Å². The van der Waals surface area contributed by atoms with Crippen molar-refractivity contribution < 1.29 is 13.2 Å². The van der Waals surface area contributed by atoms with Gasteiger partial charge in [0.05, 0.1) is 0 Å². The first-order valence-corrected chi connectivity index (χ1v) is 6.54. The highest BCUT2D eigenvalue weighted by atomic mass is 79.9. The van der Waals surface area contributed by atoms with Crippen molar-refractivity contribution in [3.63, 3.8) is 0 Å². The Hall–Kier alpha value is -1.64. The number of benzene rings is 1. The van der Waals surface area contributed by atoms with Crippen LogP contribution in [0.3, 0.4) is 0 Å². The minimum atomic E-state index is -4.17. The Kier molecular flexibility index (Phi) is 4.26. The summed E-state index contributed by atoms with van der Waals surface area (Å²) in [5.74, 6) is 0.389. The fourth-order valence-electron chi connectivity index (χ4n) is 1.73. The van der Waals surface area contributed by atoms with Gasteiger partial charge in [-0.25, -0.2) is 4.68 Å². The molecule has 108 valence electrons. The summed E-state index contributed by atoms with van der Waals surface area (Å²) < 4.78 is 38.5. The summed E-state index contributed by atoms with van der Waals surface area (Å²) >= 11 is 3.30. The van der Waals surface area contributed by atoms with E-state index in [4.69, 9.17) is 5.73 Å². The molecule has 0 fully saturated rings. The highest BCUT2D eigenvalue weighted by Gasteiger charge is 2.26. The molecule has 0 aliphatic carbocycles. The molecule has 0 spiro atoms. The zero-order valence-electron chi connectivity index (χ0n) is 10.2. The number of nitrogen functional groups attached to an aromatic ring is 1. The van der Waals surface area contributed by atoms with Gasteiger partial charge in [-0.05, 0) is 35.0 Å². The number of aryl methyl sites for hydroxylation is 1. The van der Waals surface area contributed by atoms with E-state index in [1.165, 1.54) is 4.68 Å². The van der Waals surface area contributed by atoms with Gasteiger partial charge in [-0.2, -0.15) is 13.2 Å². The smallest absolute Gasteiger partial charge is 0.389 e. The normalized spacial score (nSPS) is 11.8. The molecule has 0 saturated heterocycles. The zero-order chi connectivity index (χ0) is 14.8. The van der Waals surface area contributed by atoms with Crippen LogP contribution in [0.1, 0.15) is 12.8 Å². The van der Waals surface area contributed by atoms with E-state index in [1.807, 2.05) is 0 Å². The molecule has 0 aliphatic rings. The molecular weight excluding hydrogens is 339 g/mol. The van der Waals surface area contributed by atoms with Gasteiger partial charge >= 0.3 is 6.18 Å². The van der Waals surface area contributed by atoms with Crippen LogP contribution in [0.2, 0.25) is 0 Å². The Morgan fingerprint density at radius 2 is 2.00 bits per heavy atom. The fourth-order valence-corrected chi connectivity index (χ4v) is 2.24. The van der Waals surface area contributed by atoms with Crippen molar-refractivity contribution in [3.05, 3.63) is 22.7 Å². The number of anilines is 1. The van der Waals surface area contributed by atoms with E-state index >= 15 is 0 Å². The molecule has 9 heteroatoms. The number of aromatic nitrogens is 4. The number of alkyl halides is 3. The maximum atomic E-state index is 12.1. The molecule has 0 bridgehead atoms. The predicted molar refractivity (Wildman–Crippen MR) is 70.7 cm³/mol. The lowest BCUT2D eigenvalue weighted by Crippen LogP contribution is -2.10. The summed E-state index contributed by atoms with van der Waals surface area (Å²) in [6, 6.07) is 5.13. The molecule has 2 rings (SSSR count). The van der Waals surface area contributed by atoms with Crippen LogP contribution in [0.4, 0.5) is 18.9 Å². The lowest BCUT2D eigenvalue weighted by molar-refractivity contribution is -0.136. The number of halogens is 4. The molecule has 1 heterocycles. The van der Waals surface area contributed by atoms with Crippen LogP contribution in [0.15, 0.2) is 22.7 Å². The standard InChI is InChI=1S/C11H11BrF3N5/c12-8-4-7(5-9(16)6-8)10-17-18-19-20(10)3-1-2-11(13,14)15/h4-6H,1-3,16H2. The maximum Gasteiger partial charge on any atom is 0.389 e. The number of rotatable bonds is 4. The predicted octanol–water partition coefficient (Wildman–Crippen LogP) is 3.03. The topological polar surface area (TPSA) is 69.6 Å². The average molecular weight is 350 g/mol. The first-order chi connectivity index (χ1) is 9.35. The van der Waals surface area contributed by atoms with Crippen LogP contribution in [0.5, 0.6) is 0 Å².